The van der Waals surface area contributed by atoms with Crippen LogP contribution < -0.4 is 25.6 Å². The molecule has 0 bridgehead atoms. The molecule has 148 valence electrons. The zero-order valence-electron chi connectivity index (χ0n) is 15.4. The first-order chi connectivity index (χ1) is 13.4. The minimum Gasteiger partial charge on any atom is -0.496 e. The molecule has 7 nitrogen and oxygen atoms in total. The highest BCUT2D eigenvalue weighted by Crippen LogP contribution is 2.25. The molecule has 0 saturated carbocycles. The van der Waals surface area contributed by atoms with Crippen LogP contribution in [0.4, 0.5) is 0 Å². The van der Waals surface area contributed by atoms with E-state index in [0.29, 0.717) is 21.5 Å². The molecule has 0 radical (unpaired) electrons. The van der Waals surface area contributed by atoms with Gasteiger partial charge in [-0.15, -0.1) is 0 Å². The minimum atomic E-state index is -0.446. The number of hydrogen-bond acceptors (Lipinski definition) is 5. The monoisotopic (exact) mass is 465 g/mol. The smallest absolute Gasteiger partial charge is 0.269 e. The third-order valence-electron chi connectivity index (χ3n) is 3.66. The highest BCUT2D eigenvalue weighted by molar-refractivity contribution is 9.10. The van der Waals surface area contributed by atoms with Gasteiger partial charge in [0.25, 0.3) is 11.8 Å². The zero-order valence-corrected chi connectivity index (χ0v) is 17.8. The molecule has 0 spiro atoms. The Morgan fingerprint density at radius 2 is 1.82 bits per heavy atom. The summed E-state index contributed by atoms with van der Waals surface area (Å²) in [6.07, 6.45) is 0.930. The number of carbonyl (C=O) groups excluding carboxylic acids is 2. The lowest BCUT2D eigenvalue weighted by molar-refractivity contribution is -0.121. The molecule has 28 heavy (non-hydrogen) atoms. The van der Waals surface area contributed by atoms with E-state index in [4.69, 9.17) is 21.7 Å². The normalized spacial score (nSPS) is 9.96. The van der Waals surface area contributed by atoms with Gasteiger partial charge in [-0.1, -0.05) is 19.1 Å². The summed E-state index contributed by atoms with van der Waals surface area (Å²) in [5.41, 5.74) is 6.44. The van der Waals surface area contributed by atoms with Crippen LogP contribution in [-0.2, 0) is 11.2 Å². The van der Waals surface area contributed by atoms with Gasteiger partial charge in [0.2, 0.25) is 0 Å². The Labute approximate surface area is 176 Å². The molecule has 9 heteroatoms. The van der Waals surface area contributed by atoms with E-state index >= 15 is 0 Å². The van der Waals surface area contributed by atoms with E-state index in [-0.39, 0.29) is 11.7 Å². The molecule has 0 aliphatic carbocycles. The van der Waals surface area contributed by atoms with Gasteiger partial charge >= 0.3 is 0 Å². The van der Waals surface area contributed by atoms with Gasteiger partial charge in [-0.3, -0.25) is 25.8 Å². The summed E-state index contributed by atoms with van der Waals surface area (Å²) in [6, 6.07) is 12.3. The standard InChI is InChI=1S/C19H20BrN3O4S/c1-3-12-4-7-14(8-5-12)27-11-17(24)21-19(28)23-22-18(25)13-6-9-16(26-2)15(20)10-13/h4-10H,3,11H2,1-2H3,(H,22,25)(H2,21,23,24,28). The van der Waals surface area contributed by atoms with Crippen LogP contribution in [0.1, 0.15) is 22.8 Å². The molecule has 0 aromatic heterocycles. The Bertz CT molecular complexity index is 859. The van der Waals surface area contributed by atoms with Crippen LogP contribution in [-0.4, -0.2) is 30.6 Å². The SMILES string of the molecule is CCc1ccc(OCC(=O)NC(=S)NNC(=O)c2ccc(OC)c(Br)c2)cc1. The average Bonchev–Trinajstić information content (AvgIpc) is 2.70. The molecule has 2 aromatic rings. The first-order valence-corrected chi connectivity index (χ1v) is 9.58. The fourth-order valence-corrected chi connectivity index (χ4v) is 2.86. The third-order valence-corrected chi connectivity index (χ3v) is 4.48. The predicted molar refractivity (Wildman–Crippen MR) is 113 cm³/mol. The van der Waals surface area contributed by atoms with Gasteiger partial charge in [-0.2, -0.15) is 0 Å². The van der Waals surface area contributed by atoms with Crippen molar-refractivity contribution in [2.75, 3.05) is 13.7 Å². The van der Waals surface area contributed by atoms with E-state index in [9.17, 15) is 9.59 Å². The summed E-state index contributed by atoms with van der Waals surface area (Å²) in [7, 11) is 1.53. The Hall–Kier alpha value is -2.65. The van der Waals surface area contributed by atoms with Crippen LogP contribution in [0.3, 0.4) is 0 Å². The first kappa shape index (κ1) is 21.6. The Balaban J connectivity index is 1.75. The highest BCUT2D eigenvalue weighted by Gasteiger charge is 2.10. The van der Waals surface area contributed by atoms with Gasteiger partial charge in [-0.25, -0.2) is 0 Å². The maximum atomic E-state index is 12.1. The van der Waals surface area contributed by atoms with Crippen LogP contribution in [0.2, 0.25) is 0 Å². The number of benzene rings is 2. The second-order valence-electron chi connectivity index (χ2n) is 5.59. The number of halogens is 1. The van der Waals surface area contributed by atoms with E-state index in [2.05, 4.69) is 39.0 Å². The molecular formula is C19H20BrN3O4S. The Morgan fingerprint density at radius 1 is 1.11 bits per heavy atom. The molecule has 0 heterocycles. The minimum absolute atomic E-state index is 0.0455. The molecular weight excluding hydrogens is 446 g/mol. The van der Waals surface area contributed by atoms with Crippen molar-refractivity contribution in [1.82, 2.24) is 16.2 Å². The maximum absolute atomic E-state index is 12.1. The Morgan fingerprint density at radius 3 is 2.43 bits per heavy atom. The number of rotatable bonds is 6. The van der Waals surface area contributed by atoms with Gasteiger partial charge in [0.1, 0.15) is 11.5 Å². The fraction of sp³-hybridized carbons (Fsp3) is 0.211. The summed E-state index contributed by atoms with van der Waals surface area (Å²) < 4.78 is 11.1. The topological polar surface area (TPSA) is 88.7 Å². The predicted octanol–water partition coefficient (Wildman–Crippen LogP) is 2.73. The van der Waals surface area contributed by atoms with Crippen LogP contribution >= 0.6 is 28.1 Å². The number of thiocarbonyl (C=S) groups is 1. The van der Waals surface area contributed by atoms with Crippen LogP contribution in [0, 0.1) is 0 Å². The number of hydrogen-bond donors (Lipinski definition) is 3. The largest absolute Gasteiger partial charge is 0.496 e. The summed E-state index contributed by atoms with van der Waals surface area (Å²) in [5.74, 6) is 0.326. The molecule has 2 aromatic carbocycles. The van der Waals surface area contributed by atoms with Crippen LogP contribution in [0.15, 0.2) is 46.9 Å². The van der Waals surface area contributed by atoms with Crippen LogP contribution in [0.5, 0.6) is 11.5 Å². The second-order valence-corrected chi connectivity index (χ2v) is 6.85. The van der Waals surface area contributed by atoms with E-state index < -0.39 is 11.8 Å². The third kappa shape index (κ3) is 6.50. The summed E-state index contributed by atoms with van der Waals surface area (Å²) >= 11 is 8.30. The van der Waals surface area contributed by atoms with Crippen molar-refractivity contribution in [2.24, 2.45) is 0 Å². The van der Waals surface area contributed by atoms with Gasteiger partial charge in [0.05, 0.1) is 11.6 Å². The lowest BCUT2D eigenvalue weighted by Gasteiger charge is -2.12. The molecule has 0 aliphatic heterocycles. The van der Waals surface area contributed by atoms with Gasteiger partial charge in [0.15, 0.2) is 11.7 Å². The van der Waals surface area contributed by atoms with Crippen molar-refractivity contribution >= 4 is 45.1 Å². The molecule has 0 unspecified atom stereocenters. The number of nitrogens with one attached hydrogen (secondary N) is 3. The number of carbonyl (C=O) groups is 2. The van der Waals surface area contributed by atoms with E-state index in [1.807, 2.05) is 12.1 Å². The van der Waals surface area contributed by atoms with E-state index in [1.54, 1.807) is 30.3 Å². The van der Waals surface area contributed by atoms with E-state index in [1.165, 1.54) is 12.7 Å². The molecule has 2 rings (SSSR count). The zero-order chi connectivity index (χ0) is 20.5. The molecule has 2 amide bonds. The number of ether oxygens (including phenoxy) is 2. The van der Waals surface area contributed by atoms with Crippen molar-refractivity contribution in [3.63, 3.8) is 0 Å². The Kier molecular flexibility index (Phi) is 8.21. The lowest BCUT2D eigenvalue weighted by Crippen LogP contribution is -2.49. The molecule has 0 atom stereocenters. The van der Waals surface area contributed by atoms with E-state index in [0.717, 1.165) is 6.42 Å². The van der Waals surface area contributed by atoms with Gasteiger partial charge in [-0.05, 0) is 70.5 Å². The first-order valence-electron chi connectivity index (χ1n) is 8.38. The number of methoxy groups -OCH3 is 1. The maximum Gasteiger partial charge on any atom is 0.269 e. The fourth-order valence-electron chi connectivity index (χ4n) is 2.16. The van der Waals surface area contributed by atoms with Crippen molar-refractivity contribution in [2.45, 2.75) is 13.3 Å². The highest BCUT2D eigenvalue weighted by atomic mass is 79.9. The number of aryl methyl sites for hydroxylation is 1. The van der Waals surface area contributed by atoms with Crippen molar-refractivity contribution in [1.29, 1.82) is 0 Å². The van der Waals surface area contributed by atoms with Crippen molar-refractivity contribution in [3.05, 3.63) is 58.1 Å². The van der Waals surface area contributed by atoms with Gasteiger partial charge < -0.3 is 9.47 Å². The number of hydrazine groups is 1. The quantitative estimate of drug-likeness (QED) is 0.448. The molecule has 0 aliphatic rings. The van der Waals surface area contributed by atoms with Crippen molar-refractivity contribution < 1.29 is 19.1 Å². The molecule has 3 N–H and O–H groups in total. The van der Waals surface area contributed by atoms with Crippen LogP contribution in [0.25, 0.3) is 0 Å². The van der Waals surface area contributed by atoms with Crippen molar-refractivity contribution in [3.8, 4) is 11.5 Å². The second kappa shape index (κ2) is 10.6. The summed E-state index contributed by atoms with van der Waals surface area (Å²) in [5, 5.41) is 2.38. The molecule has 0 fully saturated rings. The van der Waals surface area contributed by atoms with Gasteiger partial charge in [0, 0.05) is 5.56 Å². The summed E-state index contributed by atoms with van der Waals surface area (Å²) in [4.78, 5) is 24.0. The average molecular weight is 466 g/mol. The lowest BCUT2D eigenvalue weighted by atomic mass is 10.2. The number of amides is 2. The molecule has 0 saturated heterocycles. The summed E-state index contributed by atoms with van der Waals surface area (Å²) in [6.45, 7) is 1.86.